The van der Waals surface area contributed by atoms with Gasteiger partial charge in [-0.3, -0.25) is 5.84 Å². The smallest absolute Gasteiger partial charge is 0.251 e. The molecule has 1 aromatic heterocycles. The van der Waals surface area contributed by atoms with E-state index in [1.54, 1.807) is 39.5 Å². The molecule has 0 unspecified atom stereocenters. The number of rotatable bonds is 5. The number of nitrogens with two attached hydrogens (primary N) is 1. The summed E-state index contributed by atoms with van der Waals surface area (Å²) in [4.78, 5) is 0. The molecule has 1 aromatic carbocycles. The number of hydrogen-bond donors (Lipinski definition) is 1. The van der Waals surface area contributed by atoms with Crippen LogP contribution in [0.4, 0.5) is 0 Å². The third-order valence-electron chi connectivity index (χ3n) is 2.49. The molecule has 0 aliphatic carbocycles. The van der Waals surface area contributed by atoms with Crippen molar-refractivity contribution in [2.24, 2.45) is 5.84 Å². The van der Waals surface area contributed by atoms with Crippen LogP contribution in [0, 0.1) is 0 Å². The first-order valence-corrected chi connectivity index (χ1v) is 5.64. The predicted molar refractivity (Wildman–Crippen MR) is 68.5 cm³/mol. The van der Waals surface area contributed by atoms with Gasteiger partial charge >= 0.3 is 0 Å². The molecule has 0 aliphatic rings. The quantitative estimate of drug-likeness (QED) is 0.638. The monoisotopic (exact) mass is 264 g/mol. The van der Waals surface area contributed by atoms with E-state index in [0.29, 0.717) is 35.4 Å². The van der Waals surface area contributed by atoms with Crippen LogP contribution in [-0.2, 0) is 6.54 Å². The molecule has 0 saturated carbocycles. The Kier molecular flexibility index (Phi) is 3.98. The molecule has 19 heavy (non-hydrogen) atoms. The van der Waals surface area contributed by atoms with Gasteiger partial charge in [0.15, 0.2) is 0 Å². The van der Waals surface area contributed by atoms with Gasteiger partial charge < -0.3 is 13.9 Å². The minimum atomic E-state index is 0.380. The van der Waals surface area contributed by atoms with Crippen LogP contribution in [0.5, 0.6) is 11.5 Å². The topological polar surface area (TPSA) is 86.6 Å². The highest BCUT2D eigenvalue weighted by Gasteiger charge is 2.14. The summed E-state index contributed by atoms with van der Waals surface area (Å²) in [5.74, 6) is 7.66. The molecule has 0 aliphatic heterocycles. The molecule has 0 amide bonds. The predicted octanol–water partition coefficient (Wildman–Crippen LogP) is 1.06. The van der Waals surface area contributed by atoms with Gasteiger partial charge in [-0.15, -0.1) is 10.2 Å². The van der Waals surface area contributed by atoms with E-state index < -0.39 is 0 Å². The summed E-state index contributed by atoms with van der Waals surface area (Å²) < 4.78 is 16.0. The Hall–Kier alpha value is -2.12. The Bertz CT molecular complexity index is 554. The van der Waals surface area contributed by atoms with Crippen LogP contribution in [0.25, 0.3) is 11.5 Å². The molecule has 1 heterocycles. The van der Waals surface area contributed by atoms with E-state index in [4.69, 9.17) is 19.7 Å². The lowest BCUT2D eigenvalue weighted by Gasteiger charge is -2.07. The second kappa shape index (κ2) is 5.68. The van der Waals surface area contributed by atoms with Crippen molar-refractivity contribution in [3.63, 3.8) is 0 Å². The van der Waals surface area contributed by atoms with Gasteiger partial charge in [-0.05, 0) is 12.1 Å². The zero-order valence-corrected chi connectivity index (χ0v) is 11.1. The normalized spacial score (nSPS) is 10.8. The Morgan fingerprint density at radius 1 is 1.26 bits per heavy atom. The van der Waals surface area contributed by atoms with Crippen molar-refractivity contribution >= 4 is 0 Å². The van der Waals surface area contributed by atoms with E-state index in [0.717, 1.165) is 0 Å². The molecular formula is C12H16N4O3. The van der Waals surface area contributed by atoms with E-state index in [9.17, 15) is 0 Å². The van der Waals surface area contributed by atoms with E-state index in [1.165, 1.54) is 5.01 Å². The van der Waals surface area contributed by atoms with Gasteiger partial charge in [0.05, 0.1) is 26.3 Å². The summed E-state index contributed by atoms with van der Waals surface area (Å²) in [6.45, 7) is 0.380. The second-order valence-corrected chi connectivity index (χ2v) is 3.98. The number of benzene rings is 1. The van der Waals surface area contributed by atoms with E-state index in [2.05, 4.69) is 10.2 Å². The van der Waals surface area contributed by atoms with Gasteiger partial charge in [0.1, 0.15) is 11.5 Å². The number of aromatic nitrogens is 2. The SMILES string of the molecule is COc1ccc(-c2nnc(CN(C)N)o2)c(OC)c1. The molecule has 2 rings (SSSR count). The molecule has 2 aromatic rings. The Balaban J connectivity index is 2.33. The summed E-state index contributed by atoms with van der Waals surface area (Å²) >= 11 is 0. The summed E-state index contributed by atoms with van der Waals surface area (Å²) in [5, 5.41) is 9.37. The van der Waals surface area contributed by atoms with Gasteiger partial charge in [-0.1, -0.05) is 0 Å². The summed E-state index contributed by atoms with van der Waals surface area (Å²) in [6.07, 6.45) is 0. The molecule has 0 bridgehead atoms. The highest BCUT2D eigenvalue weighted by Crippen LogP contribution is 2.32. The Morgan fingerprint density at radius 2 is 2.05 bits per heavy atom. The second-order valence-electron chi connectivity index (χ2n) is 3.98. The maximum absolute atomic E-state index is 5.53. The largest absolute Gasteiger partial charge is 0.497 e. The van der Waals surface area contributed by atoms with E-state index in [1.807, 2.05) is 0 Å². The van der Waals surface area contributed by atoms with Crippen LogP contribution in [0.3, 0.4) is 0 Å². The number of methoxy groups -OCH3 is 2. The van der Waals surface area contributed by atoms with Crippen molar-refractivity contribution in [2.45, 2.75) is 6.54 Å². The fourth-order valence-electron chi connectivity index (χ4n) is 1.61. The lowest BCUT2D eigenvalue weighted by molar-refractivity contribution is 0.299. The lowest BCUT2D eigenvalue weighted by Crippen LogP contribution is -2.25. The molecule has 102 valence electrons. The van der Waals surface area contributed by atoms with Crippen LogP contribution >= 0.6 is 0 Å². The summed E-state index contributed by atoms with van der Waals surface area (Å²) in [5.41, 5.74) is 0.710. The van der Waals surface area contributed by atoms with Crippen LogP contribution in [0.15, 0.2) is 22.6 Å². The molecule has 0 fully saturated rings. The molecule has 0 atom stereocenters. The average Bonchev–Trinajstić information content (AvgIpc) is 2.85. The molecule has 7 heteroatoms. The molecule has 0 saturated heterocycles. The standard InChI is InChI=1S/C12H16N4O3/c1-16(13)7-11-14-15-12(19-11)9-5-4-8(17-2)6-10(9)18-3/h4-6H,7,13H2,1-3H3. The summed E-state index contributed by atoms with van der Waals surface area (Å²) in [6, 6.07) is 5.37. The Labute approximate surface area is 110 Å². The zero-order valence-electron chi connectivity index (χ0n) is 11.1. The minimum Gasteiger partial charge on any atom is -0.497 e. The summed E-state index contributed by atoms with van der Waals surface area (Å²) in [7, 11) is 4.89. The van der Waals surface area contributed by atoms with Gasteiger partial charge in [-0.2, -0.15) is 0 Å². The van der Waals surface area contributed by atoms with Crippen molar-refractivity contribution in [3.8, 4) is 23.0 Å². The van der Waals surface area contributed by atoms with Gasteiger partial charge in [-0.25, -0.2) is 5.01 Å². The average molecular weight is 264 g/mol. The third kappa shape index (κ3) is 3.01. The zero-order chi connectivity index (χ0) is 13.8. The first-order chi connectivity index (χ1) is 9.13. The number of hydrazine groups is 1. The van der Waals surface area contributed by atoms with Crippen molar-refractivity contribution in [2.75, 3.05) is 21.3 Å². The highest BCUT2D eigenvalue weighted by atomic mass is 16.5. The van der Waals surface area contributed by atoms with Crippen molar-refractivity contribution in [1.29, 1.82) is 0 Å². The molecule has 7 nitrogen and oxygen atoms in total. The highest BCUT2D eigenvalue weighted by molar-refractivity contribution is 5.64. The number of hydrogen-bond acceptors (Lipinski definition) is 7. The Morgan fingerprint density at radius 3 is 2.68 bits per heavy atom. The molecule has 0 spiro atoms. The fourth-order valence-corrected chi connectivity index (χ4v) is 1.61. The molecular weight excluding hydrogens is 248 g/mol. The van der Waals surface area contributed by atoms with Crippen LogP contribution in [0.2, 0.25) is 0 Å². The van der Waals surface area contributed by atoms with Crippen LogP contribution in [0.1, 0.15) is 5.89 Å². The number of ether oxygens (including phenoxy) is 2. The van der Waals surface area contributed by atoms with E-state index >= 15 is 0 Å². The van der Waals surface area contributed by atoms with Gasteiger partial charge in [0, 0.05) is 13.1 Å². The molecule has 2 N–H and O–H groups in total. The maximum atomic E-state index is 5.53. The van der Waals surface area contributed by atoms with Crippen molar-refractivity contribution < 1.29 is 13.9 Å². The minimum absolute atomic E-state index is 0.380. The first kappa shape index (κ1) is 13.3. The third-order valence-corrected chi connectivity index (χ3v) is 2.49. The van der Waals surface area contributed by atoms with Crippen LogP contribution in [-0.4, -0.2) is 36.5 Å². The maximum Gasteiger partial charge on any atom is 0.251 e. The van der Waals surface area contributed by atoms with Crippen molar-refractivity contribution in [3.05, 3.63) is 24.1 Å². The first-order valence-electron chi connectivity index (χ1n) is 5.64. The van der Waals surface area contributed by atoms with Crippen LogP contribution < -0.4 is 15.3 Å². The van der Waals surface area contributed by atoms with Crippen molar-refractivity contribution in [1.82, 2.24) is 15.2 Å². The lowest BCUT2D eigenvalue weighted by atomic mass is 10.2. The van der Waals surface area contributed by atoms with Gasteiger partial charge in [0.2, 0.25) is 5.89 Å². The number of nitrogens with zero attached hydrogens (tertiary/aromatic N) is 3. The van der Waals surface area contributed by atoms with Gasteiger partial charge in [0.25, 0.3) is 5.89 Å². The molecule has 0 radical (unpaired) electrons. The fraction of sp³-hybridized carbons (Fsp3) is 0.333. The van der Waals surface area contributed by atoms with E-state index in [-0.39, 0.29) is 0 Å².